The third-order valence-electron chi connectivity index (χ3n) is 8.63. The van der Waals surface area contributed by atoms with Gasteiger partial charge in [0.1, 0.15) is 0 Å². The van der Waals surface area contributed by atoms with E-state index in [0.29, 0.717) is 0 Å². The number of fused-ring (bicyclic) bond motifs is 5. The maximum Gasteiger partial charge on any atom is 0.0652 e. The molecule has 0 aliphatic rings. The molecule has 0 aliphatic carbocycles. The van der Waals surface area contributed by atoms with Crippen molar-refractivity contribution in [2.75, 3.05) is 9.80 Å². The van der Waals surface area contributed by atoms with E-state index in [2.05, 4.69) is 0 Å². The van der Waals surface area contributed by atoms with Crippen molar-refractivity contribution in [1.29, 1.82) is 0 Å². The van der Waals surface area contributed by atoms with Crippen LogP contribution in [0.3, 0.4) is 0 Å². The Labute approximate surface area is 348 Å². The molecule has 0 aromatic heterocycles. The van der Waals surface area contributed by atoms with E-state index < -0.39 is 211 Å². The maximum atomic E-state index is 10.5. The van der Waals surface area contributed by atoms with Gasteiger partial charge in [-0.2, -0.15) is 0 Å². The van der Waals surface area contributed by atoms with Crippen molar-refractivity contribution < 1.29 is 32.9 Å². The van der Waals surface area contributed by atoms with E-state index >= 15 is 0 Å². The van der Waals surface area contributed by atoms with Gasteiger partial charge in [-0.15, -0.1) is 0 Å². The molecular weight excluding hydrogens is 641 g/mol. The lowest BCUT2D eigenvalue weighted by Gasteiger charge is -2.30. The zero-order chi connectivity index (χ0) is 57.7. The van der Waals surface area contributed by atoms with E-state index in [-0.39, 0.29) is 39.9 Å². The molecule has 0 atom stereocenters. The first-order chi connectivity index (χ1) is 35.7. The molecule has 0 spiro atoms. The molecule has 53 heavy (non-hydrogen) atoms. The highest BCUT2D eigenvalue weighted by Crippen LogP contribution is 2.48. The first kappa shape index (κ1) is 16.4. The average molecular weight is 713 g/mol. The Morgan fingerprint density at radius 3 is 1.25 bits per heavy atom. The Morgan fingerprint density at radius 1 is 0.377 bits per heavy atom. The van der Waals surface area contributed by atoms with Crippen molar-refractivity contribution in [3.8, 4) is 0 Å². The maximum absolute atomic E-state index is 10.5. The number of rotatable bonds is 8. The van der Waals surface area contributed by atoms with Gasteiger partial charge in [0, 0.05) is 33.5 Å². The number of hydrogen-bond acceptors (Lipinski definition) is 2. The predicted molar refractivity (Wildman–Crippen MR) is 231 cm³/mol. The standard InChI is InChI=1S/C51H48N2/c1-33(2)38-19-23-40(24-20-38)52(42-14-12-13-35(5)28-42)50-31-48-45-16-9-11-18-47(45)51(32-49(48)44-15-8-10-17-46(44)50)53(43-29-36(6)27-37(7)30-43)41-25-21-39(22-26-41)34(3)4/h8-34H,1-7H3/i8D,9D,10D,11D,13D,14D,15D,16D,17D,18D,19D,20D,21D,22D,23D,24D,25D,26D,27D,28D,29D,30D,31D,32D. The van der Waals surface area contributed by atoms with Crippen molar-refractivity contribution in [3.05, 3.63) is 179 Å². The van der Waals surface area contributed by atoms with Gasteiger partial charge in [-0.1, -0.05) is 118 Å². The zero-order valence-corrected chi connectivity index (χ0v) is 30.1. The molecule has 262 valence electrons. The lowest BCUT2D eigenvalue weighted by atomic mass is 9.93. The van der Waals surface area contributed by atoms with Crippen LogP contribution in [0, 0.1) is 20.8 Å². The molecular formula is C51H48N2. The van der Waals surface area contributed by atoms with E-state index in [1.165, 1.54) is 20.8 Å². The number of anilines is 6. The van der Waals surface area contributed by atoms with Crippen molar-refractivity contribution in [3.63, 3.8) is 0 Å². The summed E-state index contributed by atoms with van der Waals surface area (Å²) in [5, 5.41) is -4.08. The van der Waals surface area contributed by atoms with Gasteiger partial charge >= 0.3 is 0 Å². The summed E-state index contributed by atoms with van der Waals surface area (Å²) in [6, 6.07) is -17.1. The lowest BCUT2D eigenvalue weighted by Crippen LogP contribution is -2.12. The molecule has 0 bridgehead atoms. The Hall–Kier alpha value is -5.86. The molecule has 8 aromatic carbocycles. The van der Waals surface area contributed by atoms with Crippen LogP contribution in [0.25, 0.3) is 32.3 Å². The minimum absolute atomic E-state index is 0.0519. The molecule has 0 aliphatic heterocycles. The van der Waals surface area contributed by atoms with Crippen LogP contribution in [-0.4, -0.2) is 0 Å². The average Bonchev–Trinajstić information content (AvgIpc) is 3.41. The first-order valence-electron chi connectivity index (χ1n) is 29.1. The van der Waals surface area contributed by atoms with Gasteiger partial charge in [-0.25, -0.2) is 0 Å². The second-order valence-corrected chi connectivity index (χ2v) is 13.2. The van der Waals surface area contributed by atoms with Crippen LogP contribution in [0.5, 0.6) is 0 Å². The van der Waals surface area contributed by atoms with Crippen molar-refractivity contribution >= 4 is 66.4 Å². The molecule has 0 fully saturated rings. The summed E-state index contributed by atoms with van der Waals surface area (Å²) >= 11 is 0. The van der Waals surface area contributed by atoms with Gasteiger partial charge in [0.25, 0.3) is 0 Å². The summed E-state index contributed by atoms with van der Waals surface area (Å²) in [6.45, 7) is 10.6. The summed E-state index contributed by atoms with van der Waals surface area (Å²) in [4.78, 5) is 1.58. The Kier molecular flexibility index (Phi) is 4.32. The monoisotopic (exact) mass is 713 g/mol. The fourth-order valence-electron chi connectivity index (χ4n) is 6.08. The molecule has 0 amide bonds. The topological polar surface area (TPSA) is 6.48 Å². The van der Waals surface area contributed by atoms with E-state index in [9.17, 15) is 24.7 Å². The Morgan fingerprint density at radius 2 is 0.792 bits per heavy atom. The smallest absolute Gasteiger partial charge is 0.0652 e. The molecule has 2 nitrogen and oxygen atoms in total. The van der Waals surface area contributed by atoms with Crippen LogP contribution in [0.1, 0.15) is 100 Å². The molecule has 0 radical (unpaired) electrons. The van der Waals surface area contributed by atoms with E-state index in [1.807, 2.05) is 0 Å². The fraction of sp³-hybridized carbons (Fsp3) is 0.176. The Balaban J connectivity index is 1.81. The number of hydrogen-bond donors (Lipinski definition) is 0. The highest BCUT2D eigenvalue weighted by atomic mass is 15.2. The molecule has 2 heteroatoms. The molecule has 0 saturated heterocycles. The van der Waals surface area contributed by atoms with E-state index in [4.69, 9.17) is 8.22 Å². The molecule has 0 unspecified atom stereocenters. The predicted octanol–water partition coefficient (Wildman–Crippen LogP) is 15.3. The Bertz CT molecular complexity index is 3890. The summed E-state index contributed by atoms with van der Waals surface area (Å²) < 4.78 is 226. The van der Waals surface area contributed by atoms with Gasteiger partial charge in [-0.05, 0) is 142 Å². The summed E-state index contributed by atoms with van der Waals surface area (Å²) in [6.07, 6.45) is 0. The van der Waals surface area contributed by atoms with E-state index in [1.54, 1.807) is 27.7 Å². The van der Waals surface area contributed by atoms with Crippen molar-refractivity contribution in [2.24, 2.45) is 0 Å². The fourth-order valence-corrected chi connectivity index (χ4v) is 6.08. The van der Waals surface area contributed by atoms with Gasteiger partial charge in [0.2, 0.25) is 0 Å². The highest BCUT2D eigenvalue weighted by molar-refractivity contribution is 6.24. The number of benzene rings is 8. The molecule has 0 N–H and O–H groups in total. The van der Waals surface area contributed by atoms with Crippen molar-refractivity contribution in [1.82, 2.24) is 0 Å². The summed E-state index contributed by atoms with van der Waals surface area (Å²) in [5.74, 6) is -1.22. The second-order valence-electron chi connectivity index (χ2n) is 13.2. The molecule has 8 rings (SSSR count). The van der Waals surface area contributed by atoms with Crippen LogP contribution >= 0.6 is 0 Å². The minimum Gasteiger partial charge on any atom is -0.310 e. The SMILES string of the molecule is [2H]c1cc([2H])c(N(c2c([2H])c([2H])c(C(C)C)c([2H])c2[2H])c2c([2H])c3c4c([2H])c([2H])c([2H])c([2H])c4c(N(c4c([2H])c([2H])c(C(C)C)c([2H])c4[2H])c4c([2H])c(C)c([2H])c(C)c4[2H])c([2H])c3c3c([2H])c([2H])c([2H])c([2H])c23)c([2H])c1C. The van der Waals surface area contributed by atoms with Gasteiger partial charge in [0.15, 0.2) is 0 Å². The second kappa shape index (κ2) is 13.9. The van der Waals surface area contributed by atoms with Crippen LogP contribution in [-0.2, 0) is 0 Å². The van der Waals surface area contributed by atoms with Crippen LogP contribution in [0.15, 0.2) is 151 Å². The van der Waals surface area contributed by atoms with Gasteiger partial charge in [-0.3, -0.25) is 0 Å². The zero-order valence-electron chi connectivity index (χ0n) is 54.1. The van der Waals surface area contributed by atoms with Crippen molar-refractivity contribution in [2.45, 2.75) is 60.3 Å². The lowest BCUT2D eigenvalue weighted by molar-refractivity contribution is 0.866. The summed E-state index contributed by atoms with van der Waals surface area (Å²) in [7, 11) is 0. The van der Waals surface area contributed by atoms with Crippen LogP contribution in [0.4, 0.5) is 34.1 Å². The molecule has 8 aromatic rings. The quantitative estimate of drug-likeness (QED) is 0.145. The van der Waals surface area contributed by atoms with E-state index in [0.717, 1.165) is 15.9 Å². The molecule has 0 saturated carbocycles. The van der Waals surface area contributed by atoms with Crippen LogP contribution in [0.2, 0.25) is 0 Å². The third-order valence-corrected chi connectivity index (χ3v) is 8.63. The number of nitrogens with zero attached hydrogens (tertiary/aromatic N) is 2. The minimum atomic E-state index is -0.964. The van der Waals surface area contributed by atoms with Gasteiger partial charge < -0.3 is 9.80 Å². The largest absolute Gasteiger partial charge is 0.310 e. The highest BCUT2D eigenvalue weighted by Gasteiger charge is 2.22. The first-order valence-corrected chi connectivity index (χ1v) is 17.1. The third kappa shape index (κ3) is 6.44. The normalized spacial score (nSPS) is 18.0. The van der Waals surface area contributed by atoms with Crippen LogP contribution < -0.4 is 9.80 Å². The molecule has 0 heterocycles. The summed E-state index contributed by atoms with van der Waals surface area (Å²) in [5.41, 5.74) is -4.50. The van der Waals surface area contributed by atoms with Gasteiger partial charge in [0.05, 0.1) is 44.3 Å².